The SMILES string of the molecule is Cc1nc(-n2nc(-c3ccccc3)cc2NC(=O)NCCc2ccccc2)[nH]c(=O)c1C. The number of carbonyl (C=O) groups excluding carboxylic acids is 1. The Hall–Kier alpha value is -4.20. The molecule has 0 atom stereocenters. The second-order valence-electron chi connectivity index (χ2n) is 7.41. The predicted molar refractivity (Wildman–Crippen MR) is 124 cm³/mol. The van der Waals surface area contributed by atoms with E-state index >= 15 is 0 Å². The quantitative estimate of drug-likeness (QED) is 0.436. The summed E-state index contributed by atoms with van der Waals surface area (Å²) in [6.45, 7) is 3.95. The Bertz CT molecular complexity index is 1280. The van der Waals surface area contributed by atoms with Crippen LogP contribution in [0.2, 0.25) is 0 Å². The molecule has 4 aromatic rings. The minimum Gasteiger partial charge on any atom is -0.337 e. The lowest BCUT2D eigenvalue weighted by molar-refractivity contribution is 0.252. The van der Waals surface area contributed by atoms with Gasteiger partial charge in [0.15, 0.2) is 0 Å². The van der Waals surface area contributed by atoms with Crippen LogP contribution in [0.25, 0.3) is 17.2 Å². The summed E-state index contributed by atoms with van der Waals surface area (Å²) in [4.78, 5) is 32.0. The smallest absolute Gasteiger partial charge is 0.320 e. The topological polar surface area (TPSA) is 105 Å². The molecule has 0 fully saturated rings. The lowest BCUT2D eigenvalue weighted by Crippen LogP contribution is -2.31. The minimum atomic E-state index is -0.368. The van der Waals surface area contributed by atoms with Gasteiger partial charge in [0.1, 0.15) is 5.82 Å². The number of hydrogen-bond donors (Lipinski definition) is 3. The van der Waals surface area contributed by atoms with Crippen LogP contribution in [0, 0.1) is 13.8 Å². The maximum atomic E-state index is 12.6. The third-order valence-corrected chi connectivity index (χ3v) is 5.15. The molecule has 0 saturated heterocycles. The Labute approximate surface area is 185 Å². The van der Waals surface area contributed by atoms with Crippen molar-refractivity contribution in [1.29, 1.82) is 0 Å². The number of benzene rings is 2. The van der Waals surface area contributed by atoms with Crippen LogP contribution >= 0.6 is 0 Å². The fraction of sp³-hybridized carbons (Fsp3) is 0.167. The number of nitrogens with zero attached hydrogens (tertiary/aromatic N) is 3. The molecule has 0 aliphatic carbocycles. The molecule has 0 saturated carbocycles. The van der Waals surface area contributed by atoms with E-state index in [1.807, 2.05) is 60.7 Å². The summed E-state index contributed by atoms with van der Waals surface area (Å²) in [6.07, 6.45) is 0.717. The zero-order valence-corrected chi connectivity index (χ0v) is 17.9. The van der Waals surface area contributed by atoms with Crippen LogP contribution in [0.5, 0.6) is 0 Å². The number of carbonyl (C=O) groups is 1. The van der Waals surface area contributed by atoms with E-state index in [4.69, 9.17) is 0 Å². The summed E-state index contributed by atoms with van der Waals surface area (Å²) in [5, 5.41) is 10.3. The first kappa shape index (κ1) is 21.0. The van der Waals surface area contributed by atoms with E-state index in [1.54, 1.807) is 19.9 Å². The molecule has 0 aliphatic rings. The van der Waals surface area contributed by atoms with Gasteiger partial charge in [-0.15, -0.1) is 0 Å². The van der Waals surface area contributed by atoms with Crippen molar-refractivity contribution in [3.8, 4) is 17.2 Å². The van der Waals surface area contributed by atoms with Crippen LogP contribution in [-0.4, -0.2) is 32.3 Å². The number of aromatic nitrogens is 4. The second kappa shape index (κ2) is 9.30. The monoisotopic (exact) mass is 428 g/mol. The standard InChI is InChI=1S/C24H24N6O2/c1-16-17(2)26-23(28-22(16)31)30-21(15-20(29-30)19-11-7-4-8-12-19)27-24(32)25-14-13-18-9-5-3-6-10-18/h3-12,15H,13-14H2,1-2H3,(H2,25,27,32)(H,26,28,31). The number of aromatic amines is 1. The molecule has 32 heavy (non-hydrogen) atoms. The van der Waals surface area contributed by atoms with E-state index in [1.165, 1.54) is 4.68 Å². The molecule has 0 radical (unpaired) electrons. The van der Waals surface area contributed by atoms with Crippen LogP contribution in [0.3, 0.4) is 0 Å². The van der Waals surface area contributed by atoms with E-state index < -0.39 is 0 Å². The predicted octanol–water partition coefficient (Wildman–Crippen LogP) is 3.60. The zero-order valence-electron chi connectivity index (χ0n) is 17.9. The van der Waals surface area contributed by atoms with Crippen molar-refractivity contribution in [3.05, 3.63) is 93.9 Å². The van der Waals surface area contributed by atoms with Gasteiger partial charge in [0.2, 0.25) is 5.95 Å². The highest BCUT2D eigenvalue weighted by molar-refractivity contribution is 5.89. The van der Waals surface area contributed by atoms with Crippen molar-refractivity contribution in [3.63, 3.8) is 0 Å². The molecule has 162 valence electrons. The summed E-state index contributed by atoms with van der Waals surface area (Å²) >= 11 is 0. The highest BCUT2D eigenvalue weighted by Gasteiger charge is 2.16. The maximum absolute atomic E-state index is 12.6. The Morgan fingerprint density at radius 3 is 2.41 bits per heavy atom. The molecule has 2 amide bonds. The van der Waals surface area contributed by atoms with Crippen molar-refractivity contribution in [2.24, 2.45) is 0 Å². The molecule has 2 aromatic heterocycles. The molecule has 0 aliphatic heterocycles. The van der Waals surface area contributed by atoms with Gasteiger partial charge >= 0.3 is 6.03 Å². The molecular formula is C24H24N6O2. The molecule has 0 unspecified atom stereocenters. The van der Waals surface area contributed by atoms with Gasteiger partial charge in [0.25, 0.3) is 5.56 Å². The highest BCUT2D eigenvalue weighted by Crippen LogP contribution is 2.23. The number of urea groups is 1. The van der Waals surface area contributed by atoms with Crippen LogP contribution in [-0.2, 0) is 6.42 Å². The fourth-order valence-electron chi connectivity index (χ4n) is 3.24. The van der Waals surface area contributed by atoms with Crippen LogP contribution in [0.4, 0.5) is 10.6 Å². The summed E-state index contributed by atoms with van der Waals surface area (Å²) in [6, 6.07) is 20.9. The summed E-state index contributed by atoms with van der Waals surface area (Å²) < 4.78 is 1.44. The second-order valence-corrected chi connectivity index (χ2v) is 7.41. The van der Waals surface area contributed by atoms with E-state index in [-0.39, 0.29) is 17.5 Å². The molecule has 0 bridgehead atoms. The van der Waals surface area contributed by atoms with Gasteiger partial charge in [-0.05, 0) is 25.8 Å². The van der Waals surface area contributed by atoms with Gasteiger partial charge in [-0.1, -0.05) is 60.7 Å². The van der Waals surface area contributed by atoms with Crippen LogP contribution < -0.4 is 16.2 Å². The number of rotatable bonds is 6. The number of anilines is 1. The number of amides is 2. The Morgan fingerprint density at radius 2 is 1.72 bits per heavy atom. The molecule has 0 spiro atoms. The Balaban J connectivity index is 1.59. The van der Waals surface area contributed by atoms with Crippen molar-refractivity contribution in [1.82, 2.24) is 25.1 Å². The van der Waals surface area contributed by atoms with Crippen LogP contribution in [0.1, 0.15) is 16.8 Å². The lowest BCUT2D eigenvalue weighted by atomic mass is 10.1. The first-order valence-electron chi connectivity index (χ1n) is 10.3. The third-order valence-electron chi connectivity index (χ3n) is 5.15. The van der Waals surface area contributed by atoms with Crippen LogP contribution in [0.15, 0.2) is 71.5 Å². The van der Waals surface area contributed by atoms with Gasteiger partial charge in [0, 0.05) is 29.4 Å². The van der Waals surface area contributed by atoms with E-state index in [0.29, 0.717) is 29.3 Å². The van der Waals surface area contributed by atoms with Crippen molar-refractivity contribution < 1.29 is 4.79 Å². The fourth-order valence-corrected chi connectivity index (χ4v) is 3.24. The number of hydrogen-bond acceptors (Lipinski definition) is 4. The summed E-state index contributed by atoms with van der Waals surface area (Å²) in [5.41, 5.74) is 3.55. The largest absolute Gasteiger partial charge is 0.337 e. The lowest BCUT2D eigenvalue weighted by Gasteiger charge is -2.10. The van der Waals surface area contributed by atoms with E-state index in [0.717, 1.165) is 17.5 Å². The average molecular weight is 428 g/mol. The van der Waals surface area contributed by atoms with Gasteiger partial charge in [-0.2, -0.15) is 9.78 Å². The number of H-pyrrole nitrogens is 1. The van der Waals surface area contributed by atoms with Gasteiger partial charge in [-0.3, -0.25) is 15.1 Å². The molecule has 8 nitrogen and oxygen atoms in total. The summed E-state index contributed by atoms with van der Waals surface area (Å²) in [5.74, 6) is 0.632. The molecule has 3 N–H and O–H groups in total. The molecular weight excluding hydrogens is 404 g/mol. The Kier molecular flexibility index (Phi) is 6.12. The summed E-state index contributed by atoms with van der Waals surface area (Å²) in [7, 11) is 0. The highest BCUT2D eigenvalue weighted by atomic mass is 16.2. The number of nitrogens with one attached hydrogen (secondary N) is 3. The maximum Gasteiger partial charge on any atom is 0.320 e. The first-order chi connectivity index (χ1) is 15.5. The first-order valence-corrected chi connectivity index (χ1v) is 10.3. The molecule has 4 rings (SSSR count). The molecule has 2 heterocycles. The van der Waals surface area contributed by atoms with Crippen molar-refractivity contribution in [2.75, 3.05) is 11.9 Å². The average Bonchev–Trinajstić information content (AvgIpc) is 3.22. The number of aryl methyl sites for hydroxylation is 1. The van der Waals surface area contributed by atoms with E-state index in [9.17, 15) is 9.59 Å². The van der Waals surface area contributed by atoms with Crippen molar-refractivity contribution in [2.45, 2.75) is 20.3 Å². The van der Waals surface area contributed by atoms with Crippen molar-refractivity contribution >= 4 is 11.8 Å². The van der Waals surface area contributed by atoms with Gasteiger partial charge < -0.3 is 5.32 Å². The Morgan fingerprint density at radius 1 is 1.03 bits per heavy atom. The molecule has 2 aromatic carbocycles. The zero-order chi connectivity index (χ0) is 22.5. The van der Waals surface area contributed by atoms with E-state index in [2.05, 4.69) is 25.7 Å². The van der Waals surface area contributed by atoms with Gasteiger partial charge in [-0.25, -0.2) is 9.78 Å². The molecule has 8 heteroatoms. The normalized spacial score (nSPS) is 10.7. The third kappa shape index (κ3) is 4.75. The van der Waals surface area contributed by atoms with Gasteiger partial charge in [0.05, 0.1) is 5.69 Å². The minimum absolute atomic E-state index is 0.236.